The highest BCUT2D eigenvalue weighted by molar-refractivity contribution is 5.47. The van der Waals surface area contributed by atoms with E-state index >= 15 is 0 Å². The van der Waals surface area contributed by atoms with Gasteiger partial charge in [0.25, 0.3) is 0 Å². The molecule has 0 spiro atoms. The maximum atomic E-state index is 5.18. The fourth-order valence-corrected chi connectivity index (χ4v) is 1.38. The van der Waals surface area contributed by atoms with Crippen LogP contribution in [0.5, 0.6) is 0 Å². The van der Waals surface area contributed by atoms with Crippen LogP contribution in [0.1, 0.15) is 19.8 Å². The van der Waals surface area contributed by atoms with E-state index in [2.05, 4.69) is 33.2 Å². The number of ether oxygens (including phenoxy) is 2. The zero-order valence-corrected chi connectivity index (χ0v) is 13.0. The van der Waals surface area contributed by atoms with E-state index in [1.165, 1.54) is 0 Å². The van der Waals surface area contributed by atoms with Crippen LogP contribution < -0.4 is 0 Å². The van der Waals surface area contributed by atoms with Crippen LogP contribution in [0.4, 0.5) is 0 Å². The molecule has 2 nitrogen and oxygen atoms in total. The van der Waals surface area contributed by atoms with Gasteiger partial charge in [-0.05, 0) is 35.6 Å². The van der Waals surface area contributed by atoms with Gasteiger partial charge in [0.2, 0.25) is 0 Å². The number of rotatable bonds is 10. The first-order chi connectivity index (χ1) is 9.46. The molecule has 0 atom stereocenters. The SMILES string of the molecule is C=C(/C=C\C(=C)C(=C)/C=C(/CCOC)C(=C)OC)CC. The summed E-state index contributed by atoms with van der Waals surface area (Å²) in [6.07, 6.45) is 7.47. The molecule has 0 bridgehead atoms. The lowest BCUT2D eigenvalue weighted by Gasteiger charge is -2.10. The molecule has 0 fully saturated rings. The van der Waals surface area contributed by atoms with Crippen LogP contribution in [-0.2, 0) is 9.47 Å². The van der Waals surface area contributed by atoms with Crippen molar-refractivity contribution in [2.75, 3.05) is 20.8 Å². The maximum Gasteiger partial charge on any atom is 0.114 e. The smallest absolute Gasteiger partial charge is 0.114 e. The summed E-state index contributed by atoms with van der Waals surface area (Å²) in [6.45, 7) is 18.5. The van der Waals surface area contributed by atoms with Crippen LogP contribution in [0.2, 0.25) is 0 Å². The normalized spacial score (nSPS) is 11.4. The largest absolute Gasteiger partial charge is 0.497 e. The van der Waals surface area contributed by atoms with Crippen molar-refractivity contribution < 1.29 is 9.47 Å². The lowest BCUT2D eigenvalue weighted by Crippen LogP contribution is -1.98. The molecule has 0 aliphatic carbocycles. The van der Waals surface area contributed by atoms with Crippen LogP contribution in [0.25, 0.3) is 0 Å². The lowest BCUT2D eigenvalue weighted by atomic mass is 10.0. The first-order valence-corrected chi connectivity index (χ1v) is 6.63. The van der Waals surface area contributed by atoms with Gasteiger partial charge in [0.15, 0.2) is 0 Å². The summed E-state index contributed by atoms with van der Waals surface area (Å²) in [5.74, 6) is 0.623. The molecule has 20 heavy (non-hydrogen) atoms. The average molecular weight is 274 g/mol. The summed E-state index contributed by atoms with van der Waals surface area (Å²) >= 11 is 0. The number of allylic oxidation sites excluding steroid dienone is 7. The predicted octanol–water partition coefficient (Wildman–Crippen LogP) is 4.74. The monoisotopic (exact) mass is 274 g/mol. The second kappa shape index (κ2) is 10.0. The zero-order chi connectivity index (χ0) is 15.5. The van der Waals surface area contributed by atoms with E-state index in [1.807, 2.05) is 18.2 Å². The highest BCUT2D eigenvalue weighted by Crippen LogP contribution is 2.19. The van der Waals surface area contributed by atoms with E-state index in [9.17, 15) is 0 Å². The minimum atomic E-state index is 0.608. The molecule has 0 rings (SSSR count). The summed E-state index contributed by atoms with van der Waals surface area (Å²) in [5.41, 5.74) is 3.69. The standard InChI is InChI=1S/C18H26O2/c1-8-14(2)9-10-15(3)16(4)13-18(11-12-19-6)17(5)20-7/h9-10,13H,2-5,8,11-12H2,1,6-7H3/b10-9-,18-13-. The van der Waals surface area contributed by atoms with Gasteiger partial charge >= 0.3 is 0 Å². The van der Waals surface area contributed by atoms with E-state index in [1.54, 1.807) is 14.2 Å². The van der Waals surface area contributed by atoms with Crippen LogP contribution in [-0.4, -0.2) is 20.8 Å². The van der Waals surface area contributed by atoms with Crippen molar-refractivity contribution in [3.8, 4) is 0 Å². The molecule has 0 aromatic heterocycles. The Bertz CT molecular complexity index is 436. The van der Waals surface area contributed by atoms with E-state index in [0.717, 1.165) is 35.1 Å². The minimum Gasteiger partial charge on any atom is -0.497 e. The molecular weight excluding hydrogens is 248 g/mol. The van der Waals surface area contributed by atoms with Crippen LogP contribution in [0, 0.1) is 0 Å². The third kappa shape index (κ3) is 6.95. The molecular formula is C18H26O2. The highest BCUT2D eigenvalue weighted by Gasteiger charge is 2.04. The van der Waals surface area contributed by atoms with E-state index in [-0.39, 0.29) is 0 Å². The quantitative estimate of drug-likeness (QED) is 0.423. The summed E-state index contributed by atoms with van der Waals surface area (Å²) in [4.78, 5) is 0. The highest BCUT2D eigenvalue weighted by atomic mass is 16.5. The van der Waals surface area contributed by atoms with Crippen LogP contribution in [0.3, 0.4) is 0 Å². The first kappa shape index (κ1) is 18.2. The van der Waals surface area contributed by atoms with Gasteiger partial charge in [0.05, 0.1) is 13.7 Å². The molecule has 0 aliphatic heterocycles. The van der Waals surface area contributed by atoms with Gasteiger partial charge in [0.1, 0.15) is 5.76 Å². The molecule has 0 heterocycles. The number of hydrogen-bond donors (Lipinski definition) is 0. The summed E-state index contributed by atoms with van der Waals surface area (Å²) in [7, 11) is 3.27. The second-order valence-corrected chi connectivity index (χ2v) is 4.44. The van der Waals surface area contributed by atoms with Crippen LogP contribution >= 0.6 is 0 Å². The van der Waals surface area contributed by atoms with Gasteiger partial charge in [-0.2, -0.15) is 0 Å². The lowest BCUT2D eigenvalue weighted by molar-refractivity contribution is 0.199. The molecule has 0 aromatic carbocycles. The Kier molecular flexibility index (Phi) is 9.14. The van der Waals surface area contributed by atoms with Crippen LogP contribution in [0.15, 0.2) is 72.6 Å². The molecule has 2 heteroatoms. The van der Waals surface area contributed by atoms with E-state index in [0.29, 0.717) is 12.4 Å². The topological polar surface area (TPSA) is 18.5 Å². The molecule has 0 saturated heterocycles. The van der Waals surface area contributed by atoms with E-state index < -0.39 is 0 Å². The second-order valence-electron chi connectivity index (χ2n) is 4.44. The fourth-order valence-electron chi connectivity index (χ4n) is 1.38. The van der Waals surface area contributed by atoms with Crippen molar-refractivity contribution in [3.63, 3.8) is 0 Å². The van der Waals surface area contributed by atoms with Crippen molar-refractivity contribution in [1.29, 1.82) is 0 Å². The van der Waals surface area contributed by atoms with Gasteiger partial charge in [0, 0.05) is 7.11 Å². The number of hydrogen-bond acceptors (Lipinski definition) is 2. The Morgan fingerprint density at radius 3 is 2.15 bits per heavy atom. The maximum absolute atomic E-state index is 5.18. The summed E-state index contributed by atoms with van der Waals surface area (Å²) in [5, 5.41) is 0. The number of methoxy groups -OCH3 is 2. The predicted molar refractivity (Wildman–Crippen MR) is 87.6 cm³/mol. The van der Waals surface area contributed by atoms with Gasteiger partial charge in [-0.3, -0.25) is 0 Å². The molecule has 0 aliphatic rings. The van der Waals surface area contributed by atoms with Crippen molar-refractivity contribution >= 4 is 0 Å². The zero-order valence-electron chi connectivity index (χ0n) is 13.0. The van der Waals surface area contributed by atoms with E-state index in [4.69, 9.17) is 9.47 Å². The summed E-state index contributed by atoms with van der Waals surface area (Å²) < 4.78 is 10.3. The third-order valence-corrected chi connectivity index (χ3v) is 2.92. The van der Waals surface area contributed by atoms with Gasteiger partial charge < -0.3 is 9.47 Å². The van der Waals surface area contributed by atoms with Gasteiger partial charge in [-0.15, -0.1) is 0 Å². The molecule has 0 saturated carbocycles. The van der Waals surface area contributed by atoms with Crippen molar-refractivity contribution in [3.05, 3.63) is 72.6 Å². The third-order valence-electron chi connectivity index (χ3n) is 2.92. The fraction of sp³-hybridized carbons (Fsp3) is 0.333. The Morgan fingerprint density at radius 2 is 1.65 bits per heavy atom. The Morgan fingerprint density at radius 1 is 1.00 bits per heavy atom. The molecule has 0 radical (unpaired) electrons. The Balaban J connectivity index is 4.90. The molecule has 0 amide bonds. The summed E-state index contributed by atoms with van der Waals surface area (Å²) in [6, 6.07) is 0. The molecule has 0 aromatic rings. The first-order valence-electron chi connectivity index (χ1n) is 6.63. The Labute approximate surface area is 123 Å². The molecule has 0 N–H and O–H groups in total. The van der Waals surface area contributed by atoms with Crippen molar-refractivity contribution in [2.24, 2.45) is 0 Å². The molecule has 110 valence electrons. The van der Waals surface area contributed by atoms with Crippen molar-refractivity contribution in [1.82, 2.24) is 0 Å². The van der Waals surface area contributed by atoms with Gasteiger partial charge in [-0.1, -0.05) is 51.0 Å². The Hall–Kier alpha value is -1.80. The molecule has 0 unspecified atom stereocenters. The van der Waals surface area contributed by atoms with Gasteiger partial charge in [-0.25, -0.2) is 0 Å². The average Bonchev–Trinajstić information content (AvgIpc) is 2.47. The van der Waals surface area contributed by atoms with Crippen molar-refractivity contribution in [2.45, 2.75) is 19.8 Å². The minimum absolute atomic E-state index is 0.608.